The summed E-state index contributed by atoms with van der Waals surface area (Å²) in [6.07, 6.45) is 0. The van der Waals surface area contributed by atoms with Gasteiger partial charge in [-0.2, -0.15) is 5.26 Å². The van der Waals surface area contributed by atoms with Crippen LogP contribution in [0.1, 0.15) is 11.1 Å². The fraction of sp³-hybridized carbons (Fsp3) is 0.111. The molecule has 1 aromatic carbocycles. The lowest BCUT2D eigenvalue weighted by molar-refractivity contribution is 0.625. The highest BCUT2D eigenvalue weighted by atomic mass is 32.1. The maximum Gasteiger partial charge on any atom is 0.123 e. The van der Waals surface area contributed by atoms with E-state index in [1.807, 2.05) is 6.07 Å². The molecule has 1 aromatic rings. The van der Waals surface area contributed by atoms with E-state index in [1.54, 1.807) is 0 Å². The SMILES string of the molecule is N#Cc1ccc(F)cc1CN=C=S. The summed E-state index contributed by atoms with van der Waals surface area (Å²) in [7, 11) is 0. The third-order valence-electron chi connectivity index (χ3n) is 1.50. The van der Waals surface area contributed by atoms with Gasteiger partial charge in [-0.25, -0.2) is 9.38 Å². The normalized spacial score (nSPS) is 8.62. The molecule has 13 heavy (non-hydrogen) atoms. The molecule has 0 spiro atoms. The Labute approximate surface area is 80.3 Å². The van der Waals surface area contributed by atoms with Crippen molar-refractivity contribution in [3.05, 3.63) is 35.1 Å². The third kappa shape index (κ3) is 2.45. The van der Waals surface area contributed by atoms with Gasteiger partial charge < -0.3 is 0 Å². The number of nitrogens with zero attached hydrogens (tertiary/aromatic N) is 2. The Morgan fingerprint density at radius 3 is 2.92 bits per heavy atom. The van der Waals surface area contributed by atoms with Gasteiger partial charge in [0.15, 0.2) is 0 Å². The summed E-state index contributed by atoms with van der Waals surface area (Å²) in [6.45, 7) is 0.199. The van der Waals surface area contributed by atoms with Gasteiger partial charge in [-0.15, -0.1) is 0 Å². The Morgan fingerprint density at radius 2 is 2.31 bits per heavy atom. The molecule has 0 aliphatic heterocycles. The van der Waals surface area contributed by atoms with Crippen LogP contribution in [0.4, 0.5) is 4.39 Å². The van der Waals surface area contributed by atoms with Gasteiger partial charge >= 0.3 is 0 Å². The van der Waals surface area contributed by atoms with Gasteiger partial charge in [-0.3, -0.25) is 0 Å². The summed E-state index contributed by atoms with van der Waals surface area (Å²) in [5.41, 5.74) is 0.940. The molecule has 0 amide bonds. The summed E-state index contributed by atoms with van der Waals surface area (Å²) in [6, 6.07) is 5.88. The molecular formula is C9H5FN2S. The zero-order chi connectivity index (χ0) is 9.68. The molecule has 0 saturated heterocycles. The second-order valence-corrected chi connectivity index (χ2v) is 2.50. The van der Waals surface area contributed by atoms with Crippen LogP contribution in [0, 0.1) is 17.1 Å². The minimum absolute atomic E-state index is 0.199. The van der Waals surface area contributed by atoms with Gasteiger partial charge in [-0.05, 0) is 36.0 Å². The van der Waals surface area contributed by atoms with E-state index in [9.17, 15) is 4.39 Å². The van der Waals surface area contributed by atoms with E-state index < -0.39 is 0 Å². The van der Waals surface area contributed by atoms with Crippen LogP contribution in [0.25, 0.3) is 0 Å². The predicted octanol–water partition coefficient (Wildman–Crippen LogP) is 2.30. The van der Waals surface area contributed by atoms with Gasteiger partial charge in [0.05, 0.1) is 23.3 Å². The van der Waals surface area contributed by atoms with Crippen LogP contribution in [-0.4, -0.2) is 5.16 Å². The molecule has 0 atom stereocenters. The van der Waals surface area contributed by atoms with Crippen molar-refractivity contribution in [2.45, 2.75) is 6.54 Å². The van der Waals surface area contributed by atoms with Crippen molar-refractivity contribution in [3.8, 4) is 6.07 Å². The lowest BCUT2D eigenvalue weighted by Crippen LogP contribution is -1.89. The van der Waals surface area contributed by atoms with Gasteiger partial charge in [0.25, 0.3) is 0 Å². The molecule has 0 bridgehead atoms. The average Bonchev–Trinajstić information content (AvgIpc) is 2.15. The molecule has 0 heterocycles. The van der Waals surface area contributed by atoms with E-state index in [1.165, 1.54) is 18.2 Å². The maximum absolute atomic E-state index is 12.7. The van der Waals surface area contributed by atoms with Crippen molar-refractivity contribution in [3.63, 3.8) is 0 Å². The second-order valence-electron chi connectivity index (χ2n) is 2.32. The fourth-order valence-electron chi connectivity index (χ4n) is 0.920. The highest BCUT2D eigenvalue weighted by molar-refractivity contribution is 7.78. The lowest BCUT2D eigenvalue weighted by Gasteiger charge is -1.98. The van der Waals surface area contributed by atoms with E-state index in [0.717, 1.165) is 0 Å². The molecule has 2 nitrogen and oxygen atoms in total. The molecule has 0 aliphatic rings. The highest BCUT2D eigenvalue weighted by Gasteiger charge is 2.01. The first-order valence-electron chi connectivity index (χ1n) is 3.50. The summed E-state index contributed by atoms with van der Waals surface area (Å²) < 4.78 is 12.7. The van der Waals surface area contributed by atoms with Gasteiger partial charge in [0, 0.05) is 0 Å². The molecule has 64 valence electrons. The lowest BCUT2D eigenvalue weighted by atomic mass is 10.1. The number of benzene rings is 1. The predicted molar refractivity (Wildman–Crippen MR) is 49.8 cm³/mol. The topological polar surface area (TPSA) is 36.1 Å². The number of thiocarbonyl (C=S) groups is 1. The van der Waals surface area contributed by atoms with Crippen LogP contribution >= 0.6 is 12.2 Å². The van der Waals surface area contributed by atoms with Crippen molar-refractivity contribution in [2.75, 3.05) is 0 Å². The standard InChI is InChI=1S/C9H5FN2S/c10-9-2-1-7(4-11)8(3-9)5-12-6-13/h1-3H,5H2. The van der Waals surface area contributed by atoms with Crippen LogP contribution in [0.15, 0.2) is 23.2 Å². The first-order valence-corrected chi connectivity index (χ1v) is 3.91. The largest absolute Gasteiger partial charge is 0.228 e. The molecule has 4 heteroatoms. The Kier molecular flexibility index (Phi) is 3.27. The van der Waals surface area contributed by atoms with E-state index in [0.29, 0.717) is 11.1 Å². The van der Waals surface area contributed by atoms with Gasteiger partial charge in [-0.1, -0.05) is 0 Å². The summed E-state index contributed by atoms with van der Waals surface area (Å²) in [5.74, 6) is -0.381. The molecule has 0 unspecified atom stereocenters. The Bertz CT molecular complexity index is 403. The number of hydrogen-bond donors (Lipinski definition) is 0. The first-order chi connectivity index (χ1) is 6.27. The number of isothiocyanates is 1. The van der Waals surface area contributed by atoms with Crippen molar-refractivity contribution >= 4 is 17.4 Å². The van der Waals surface area contributed by atoms with Crippen LogP contribution in [0.5, 0.6) is 0 Å². The molecule has 0 fully saturated rings. The average molecular weight is 192 g/mol. The summed E-state index contributed by atoms with van der Waals surface area (Å²) in [5, 5.41) is 10.8. The van der Waals surface area contributed by atoms with Crippen molar-refractivity contribution in [2.24, 2.45) is 4.99 Å². The van der Waals surface area contributed by atoms with E-state index in [4.69, 9.17) is 5.26 Å². The first kappa shape index (κ1) is 9.53. The second kappa shape index (κ2) is 4.46. The van der Waals surface area contributed by atoms with E-state index in [-0.39, 0.29) is 12.4 Å². The Balaban J connectivity index is 3.09. The van der Waals surface area contributed by atoms with Crippen LogP contribution in [0.3, 0.4) is 0 Å². The third-order valence-corrected chi connectivity index (χ3v) is 1.63. The van der Waals surface area contributed by atoms with E-state index in [2.05, 4.69) is 22.4 Å². The molecular weight excluding hydrogens is 187 g/mol. The fourth-order valence-corrected chi connectivity index (χ4v) is 0.984. The van der Waals surface area contributed by atoms with Crippen molar-refractivity contribution in [1.29, 1.82) is 5.26 Å². The number of rotatable bonds is 2. The Hall–Kier alpha value is -1.56. The zero-order valence-electron chi connectivity index (χ0n) is 6.62. The maximum atomic E-state index is 12.7. The number of nitriles is 1. The summed E-state index contributed by atoms with van der Waals surface area (Å²) >= 11 is 4.37. The van der Waals surface area contributed by atoms with Crippen LogP contribution < -0.4 is 0 Å². The minimum atomic E-state index is -0.381. The molecule has 0 radical (unpaired) electrons. The van der Waals surface area contributed by atoms with Crippen LogP contribution in [0.2, 0.25) is 0 Å². The van der Waals surface area contributed by atoms with Gasteiger partial charge in [0.1, 0.15) is 5.82 Å². The smallest absolute Gasteiger partial charge is 0.123 e. The van der Waals surface area contributed by atoms with Crippen molar-refractivity contribution in [1.82, 2.24) is 0 Å². The minimum Gasteiger partial charge on any atom is -0.228 e. The molecule has 1 rings (SSSR count). The van der Waals surface area contributed by atoms with Crippen LogP contribution in [-0.2, 0) is 6.54 Å². The summed E-state index contributed by atoms with van der Waals surface area (Å²) in [4.78, 5) is 3.64. The highest BCUT2D eigenvalue weighted by Crippen LogP contribution is 2.11. The molecule has 0 aliphatic carbocycles. The monoisotopic (exact) mass is 192 g/mol. The molecule has 0 saturated carbocycles. The quantitative estimate of drug-likeness (QED) is 0.532. The molecule has 0 N–H and O–H groups in total. The zero-order valence-corrected chi connectivity index (χ0v) is 7.44. The number of halogens is 1. The molecule has 0 aromatic heterocycles. The number of hydrogen-bond acceptors (Lipinski definition) is 3. The van der Waals surface area contributed by atoms with E-state index >= 15 is 0 Å². The Morgan fingerprint density at radius 1 is 1.54 bits per heavy atom. The number of aliphatic imine (C=N–C) groups is 1. The van der Waals surface area contributed by atoms with Crippen molar-refractivity contribution < 1.29 is 4.39 Å². The van der Waals surface area contributed by atoms with Gasteiger partial charge in [0.2, 0.25) is 0 Å².